The van der Waals surface area contributed by atoms with Gasteiger partial charge in [0, 0.05) is 56.4 Å². The lowest BCUT2D eigenvalue weighted by atomic mass is 9.91. The van der Waals surface area contributed by atoms with E-state index >= 15 is 0 Å². The van der Waals surface area contributed by atoms with E-state index in [1.165, 1.54) is 36.1 Å². The standard InChI is InChI=1S/C36H42ClN9O7/c1-21(47)42-28(7-4-16-41-36(39)40)33(49)44-30(18-22-8-12-26(37)13-9-22)35(51)45-20-25-6-3-2-5-24(25)19-31(45)34(50)43-29(32(38)48)17-23-10-14-27(15-11-23)46(52)53/h2-3,5-6,8-15,28-31H,4,7,16-20H2,1H3,(H2,38,48)(H,42,47)(H,43,50)(H,44,49)(H4,39,40,41)/t28-,29+,30+,31?/m0/s1. The van der Waals surface area contributed by atoms with Crippen LogP contribution in [0.3, 0.4) is 0 Å². The number of hydrogen-bond acceptors (Lipinski definition) is 8. The van der Waals surface area contributed by atoms with Gasteiger partial charge in [-0.2, -0.15) is 0 Å². The molecule has 53 heavy (non-hydrogen) atoms. The minimum atomic E-state index is -1.21. The van der Waals surface area contributed by atoms with Crippen molar-refractivity contribution in [3.8, 4) is 0 Å². The van der Waals surface area contributed by atoms with Gasteiger partial charge in [-0.3, -0.25) is 39.1 Å². The largest absolute Gasteiger partial charge is 0.370 e. The van der Waals surface area contributed by atoms with Gasteiger partial charge in [-0.25, -0.2) is 0 Å². The minimum absolute atomic E-state index is 0.0112. The van der Waals surface area contributed by atoms with E-state index in [1.54, 1.807) is 24.3 Å². The molecule has 0 fully saturated rings. The maximum atomic E-state index is 14.6. The number of carbonyl (C=O) groups excluding carboxylic acids is 5. The van der Waals surface area contributed by atoms with Crippen molar-refractivity contribution in [2.24, 2.45) is 22.2 Å². The van der Waals surface area contributed by atoms with Gasteiger partial charge in [-0.15, -0.1) is 0 Å². The van der Waals surface area contributed by atoms with Gasteiger partial charge < -0.3 is 38.1 Å². The molecule has 9 N–H and O–H groups in total. The average molecular weight is 748 g/mol. The zero-order chi connectivity index (χ0) is 38.7. The first-order chi connectivity index (χ1) is 25.2. The number of hydrogen-bond donors (Lipinski definition) is 6. The van der Waals surface area contributed by atoms with Crippen LogP contribution in [0.4, 0.5) is 5.69 Å². The number of guanidine groups is 1. The molecular formula is C36H42ClN9O7. The molecule has 3 aromatic rings. The Balaban J connectivity index is 1.64. The fraction of sp³-hybridized carbons (Fsp3) is 0.333. The van der Waals surface area contributed by atoms with Crippen LogP contribution in [0.5, 0.6) is 0 Å². The molecule has 0 saturated carbocycles. The Labute approximate surface area is 310 Å². The quantitative estimate of drug-likeness (QED) is 0.0401. The van der Waals surface area contributed by atoms with Crippen molar-refractivity contribution in [2.75, 3.05) is 6.54 Å². The number of fused-ring (bicyclic) bond motifs is 1. The highest BCUT2D eigenvalue weighted by Crippen LogP contribution is 2.26. The SMILES string of the molecule is CC(=O)N[C@@H](CCCN=C(N)N)C(=O)N[C@H](Cc1ccc(Cl)cc1)C(=O)N1Cc2ccccc2CC1C(=O)N[C@H](Cc1ccc([N+](=O)[O-])cc1)C(N)=O. The van der Waals surface area contributed by atoms with Crippen LogP contribution in [0.1, 0.15) is 42.0 Å². The Morgan fingerprint density at radius 2 is 1.47 bits per heavy atom. The second-order valence-electron chi connectivity index (χ2n) is 12.6. The summed E-state index contributed by atoms with van der Waals surface area (Å²) in [6.45, 7) is 1.48. The number of nitro benzene ring substituents is 1. The number of aliphatic imine (C=N–C) groups is 1. The Bertz CT molecular complexity index is 1850. The van der Waals surface area contributed by atoms with Crippen LogP contribution < -0.4 is 33.2 Å². The van der Waals surface area contributed by atoms with E-state index in [9.17, 15) is 34.1 Å². The predicted octanol–water partition coefficient (Wildman–Crippen LogP) is 1.00. The maximum absolute atomic E-state index is 14.6. The van der Waals surface area contributed by atoms with Crippen LogP contribution in [-0.4, -0.2) is 76.0 Å². The second-order valence-corrected chi connectivity index (χ2v) is 13.1. The van der Waals surface area contributed by atoms with Crippen LogP contribution in [0.15, 0.2) is 77.8 Å². The number of nitrogens with two attached hydrogens (primary N) is 3. The molecule has 0 aliphatic carbocycles. The van der Waals surface area contributed by atoms with Crippen molar-refractivity contribution >= 4 is 52.8 Å². The molecule has 0 radical (unpaired) electrons. The molecule has 0 spiro atoms. The van der Waals surface area contributed by atoms with E-state index in [1.807, 2.05) is 24.3 Å². The van der Waals surface area contributed by atoms with Gasteiger partial charge in [-0.1, -0.05) is 60.1 Å². The number of halogens is 1. The predicted molar refractivity (Wildman–Crippen MR) is 197 cm³/mol. The third-order valence-electron chi connectivity index (χ3n) is 8.69. The number of primary amides is 1. The van der Waals surface area contributed by atoms with Crippen LogP contribution >= 0.6 is 11.6 Å². The minimum Gasteiger partial charge on any atom is -0.370 e. The Kier molecular flexibility index (Phi) is 13.8. The van der Waals surface area contributed by atoms with Gasteiger partial charge in [-0.05, 0) is 47.2 Å². The molecule has 16 nitrogen and oxygen atoms in total. The third-order valence-corrected chi connectivity index (χ3v) is 8.94. The van der Waals surface area contributed by atoms with E-state index in [0.29, 0.717) is 22.6 Å². The summed E-state index contributed by atoms with van der Waals surface area (Å²) in [7, 11) is 0. The molecule has 1 aliphatic rings. The number of nitrogens with zero attached hydrogens (tertiary/aromatic N) is 3. The number of carbonyl (C=O) groups is 5. The van der Waals surface area contributed by atoms with Crippen LogP contribution in [-0.2, 0) is 49.8 Å². The highest BCUT2D eigenvalue weighted by Gasteiger charge is 2.39. The van der Waals surface area contributed by atoms with Gasteiger partial charge in [0.1, 0.15) is 24.2 Å². The van der Waals surface area contributed by atoms with Crippen LogP contribution in [0.25, 0.3) is 0 Å². The van der Waals surface area contributed by atoms with Crippen molar-refractivity contribution in [1.29, 1.82) is 0 Å². The number of rotatable bonds is 16. The molecule has 4 atom stereocenters. The number of amides is 5. The molecule has 0 saturated heterocycles. The van der Waals surface area contributed by atoms with E-state index < -0.39 is 58.6 Å². The number of nitro groups is 1. The summed E-state index contributed by atoms with van der Waals surface area (Å²) in [5, 5.41) is 19.7. The van der Waals surface area contributed by atoms with Gasteiger partial charge in [0.25, 0.3) is 5.69 Å². The average Bonchev–Trinajstić information content (AvgIpc) is 3.12. The van der Waals surface area contributed by atoms with E-state index in [4.69, 9.17) is 28.8 Å². The molecule has 280 valence electrons. The molecule has 4 rings (SSSR count). The number of benzene rings is 3. The lowest BCUT2D eigenvalue weighted by Crippen LogP contribution is -2.61. The lowest BCUT2D eigenvalue weighted by molar-refractivity contribution is -0.384. The Morgan fingerprint density at radius 3 is 2.06 bits per heavy atom. The molecule has 0 bridgehead atoms. The molecule has 3 aromatic carbocycles. The normalized spacial score (nSPS) is 15.1. The maximum Gasteiger partial charge on any atom is 0.269 e. The molecule has 1 aliphatic heterocycles. The molecule has 17 heteroatoms. The molecule has 1 unspecified atom stereocenters. The Hall–Kier alpha value is -6.03. The number of nitrogens with one attached hydrogen (secondary N) is 3. The van der Waals surface area contributed by atoms with E-state index in [-0.39, 0.29) is 50.4 Å². The molecular weight excluding hydrogens is 706 g/mol. The smallest absolute Gasteiger partial charge is 0.269 e. The van der Waals surface area contributed by atoms with Crippen LogP contribution in [0.2, 0.25) is 5.02 Å². The highest BCUT2D eigenvalue weighted by molar-refractivity contribution is 6.30. The monoisotopic (exact) mass is 747 g/mol. The first-order valence-electron chi connectivity index (χ1n) is 16.8. The number of non-ortho nitro benzene ring substituents is 1. The van der Waals surface area contributed by atoms with E-state index in [2.05, 4.69) is 20.9 Å². The summed E-state index contributed by atoms with van der Waals surface area (Å²) in [6, 6.07) is 14.9. The summed E-state index contributed by atoms with van der Waals surface area (Å²) in [4.78, 5) is 82.9. The first kappa shape index (κ1) is 39.8. The van der Waals surface area contributed by atoms with E-state index in [0.717, 1.165) is 11.1 Å². The summed E-state index contributed by atoms with van der Waals surface area (Å²) >= 11 is 6.11. The van der Waals surface area contributed by atoms with Gasteiger partial charge in [0.15, 0.2) is 5.96 Å². The van der Waals surface area contributed by atoms with Crippen molar-refractivity contribution in [3.63, 3.8) is 0 Å². The van der Waals surface area contributed by atoms with Crippen molar-refractivity contribution in [3.05, 3.63) is 110 Å². The zero-order valence-corrected chi connectivity index (χ0v) is 29.8. The fourth-order valence-corrected chi connectivity index (χ4v) is 6.14. The summed E-state index contributed by atoms with van der Waals surface area (Å²) in [5.74, 6) is -3.30. The third kappa shape index (κ3) is 11.5. The van der Waals surface area contributed by atoms with Crippen molar-refractivity contribution in [1.82, 2.24) is 20.9 Å². The van der Waals surface area contributed by atoms with Crippen molar-refractivity contribution in [2.45, 2.75) is 69.7 Å². The topological polar surface area (TPSA) is 258 Å². The zero-order valence-electron chi connectivity index (χ0n) is 29.0. The molecule has 0 aromatic heterocycles. The highest BCUT2D eigenvalue weighted by atomic mass is 35.5. The van der Waals surface area contributed by atoms with Gasteiger partial charge in [0.05, 0.1) is 4.92 Å². The van der Waals surface area contributed by atoms with Crippen LogP contribution in [0, 0.1) is 10.1 Å². The lowest BCUT2D eigenvalue weighted by Gasteiger charge is -2.38. The summed E-state index contributed by atoms with van der Waals surface area (Å²) < 4.78 is 0. The van der Waals surface area contributed by atoms with Crippen molar-refractivity contribution < 1.29 is 28.9 Å². The molecule has 5 amide bonds. The Morgan fingerprint density at radius 1 is 0.868 bits per heavy atom. The fourth-order valence-electron chi connectivity index (χ4n) is 6.02. The first-order valence-corrected chi connectivity index (χ1v) is 17.2. The molecule has 1 heterocycles. The van der Waals surface area contributed by atoms with Gasteiger partial charge in [0.2, 0.25) is 29.5 Å². The summed E-state index contributed by atoms with van der Waals surface area (Å²) in [6.07, 6.45) is 0.559. The summed E-state index contributed by atoms with van der Waals surface area (Å²) in [5.41, 5.74) is 19.1. The van der Waals surface area contributed by atoms with Gasteiger partial charge >= 0.3 is 0 Å². The second kappa shape index (κ2) is 18.5.